The van der Waals surface area contributed by atoms with Gasteiger partial charge in [-0.3, -0.25) is 4.99 Å². The Morgan fingerprint density at radius 1 is 1.03 bits per heavy atom. The van der Waals surface area contributed by atoms with Crippen LogP contribution in [0.1, 0.15) is 63.6 Å². The summed E-state index contributed by atoms with van der Waals surface area (Å²) in [6, 6.07) is 8.85. The number of aryl methyl sites for hydroxylation is 1. The Kier molecular flexibility index (Phi) is 5.32. The van der Waals surface area contributed by atoms with Gasteiger partial charge in [-0.2, -0.15) is 0 Å². The van der Waals surface area contributed by atoms with Crippen LogP contribution in [0.25, 0.3) is 0 Å². The number of hydrogen-bond donors (Lipinski definition) is 1. The van der Waals surface area contributed by atoms with Crippen LogP contribution in [0.3, 0.4) is 0 Å². The number of nitrogens with zero attached hydrogens (tertiary/aromatic N) is 2. The van der Waals surface area contributed by atoms with Gasteiger partial charge >= 0.3 is 0 Å². The lowest BCUT2D eigenvalue weighted by molar-refractivity contribution is -0.000397. The first-order valence-electron chi connectivity index (χ1n) is 11.7. The molecule has 6 rings (SSSR count). The molecule has 4 fully saturated rings. The van der Waals surface area contributed by atoms with Gasteiger partial charge in [0, 0.05) is 36.3 Å². The minimum absolute atomic E-state index is 0.271. The maximum absolute atomic E-state index is 5.49. The van der Waals surface area contributed by atoms with E-state index in [-0.39, 0.29) is 5.54 Å². The highest BCUT2D eigenvalue weighted by Gasteiger charge is 2.51. The van der Waals surface area contributed by atoms with Gasteiger partial charge in [-0.25, -0.2) is 0 Å². The Labute approximate surface area is 179 Å². The van der Waals surface area contributed by atoms with Crippen molar-refractivity contribution in [2.75, 3.05) is 11.9 Å². The van der Waals surface area contributed by atoms with E-state index in [1.165, 1.54) is 60.3 Å². The van der Waals surface area contributed by atoms with Crippen molar-refractivity contribution in [1.82, 2.24) is 4.57 Å². The molecule has 29 heavy (non-hydrogen) atoms. The second-order valence-electron chi connectivity index (χ2n) is 9.73. The quantitative estimate of drug-likeness (QED) is 0.628. The second-order valence-corrected chi connectivity index (χ2v) is 10.6. The molecule has 0 unspecified atom stereocenters. The first kappa shape index (κ1) is 19.4. The second kappa shape index (κ2) is 7.94. The maximum Gasteiger partial charge on any atom is 0.185 e. The summed E-state index contributed by atoms with van der Waals surface area (Å²) in [5.74, 6) is 2.88. The lowest BCUT2D eigenvalue weighted by Gasteiger charge is -2.54. The van der Waals surface area contributed by atoms with Crippen LogP contribution in [0.5, 0.6) is 0 Å². The van der Waals surface area contributed by atoms with Gasteiger partial charge in [0.15, 0.2) is 4.80 Å². The zero-order chi connectivity index (χ0) is 19.8. The number of rotatable bonds is 7. The molecule has 1 aromatic carbocycles. The van der Waals surface area contributed by atoms with Gasteiger partial charge in [-0.05, 0) is 87.3 Å². The molecule has 1 heterocycles. The SMILES string of the molecule is CCc1ccc(NCCc2csc(=NC34CC5CC(CC(C5)C3)C4)n2CC)cc1. The van der Waals surface area contributed by atoms with E-state index in [0.717, 1.165) is 43.7 Å². The van der Waals surface area contributed by atoms with Crippen molar-refractivity contribution in [2.45, 2.75) is 77.3 Å². The topological polar surface area (TPSA) is 29.3 Å². The summed E-state index contributed by atoms with van der Waals surface area (Å²) in [4.78, 5) is 6.76. The third-order valence-electron chi connectivity index (χ3n) is 7.61. The van der Waals surface area contributed by atoms with Crippen LogP contribution >= 0.6 is 11.3 Å². The van der Waals surface area contributed by atoms with Crippen LogP contribution < -0.4 is 10.1 Å². The molecule has 2 aromatic rings. The fourth-order valence-electron chi connectivity index (χ4n) is 6.59. The summed E-state index contributed by atoms with van der Waals surface area (Å²) in [5, 5.41) is 5.94. The van der Waals surface area contributed by atoms with Crippen molar-refractivity contribution in [1.29, 1.82) is 0 Å². The molecule has 0 saturated heterocycles. The Morgan fingerprint density at radius 2 is 1.69 bits per heavy atom. The monoisotopic (exact) mass is 409 g/mol. The summed E-state index contributed by atoms with van der Waals surface area (Å²) < 4.78 is 2.48. The Morgan fingerprint density at radius 3 is 2.28 bits per heavy atom. The molecular formula is C25H35N3S. The highest BCUT2D eigenvalue weighted by Crippen LogP contribution is 2.57. The van der Waals surface area contributed by atoms with Crippen LogP contribution in [-0.4, -0.2) is 16.7 Å². The third-order valence-corrected chi connectivity index (χ3v) is 8.52. The summed E-state index contributed by atoms with van der Waals surface area (Å²) >= 11 is 1.87. The smallest absolute Gasteiger partial charge is 0.185 e. The van der Waals surface area contributed by atoms with Crippen molar-refractivity contribution in [3.05, 3.63) is 45.7 Å². The molecule has 0 spiro atoms. The largest absolute Gasteiger partial charge is 0.385 e. The fourth-order valence-corrected chi connectivity index (χ4v) is 7.69. The van der Waals surface area contributed by atoms with Crippen LogP contribution in [0, 0.1) is 17.8 Å². The van der Waals surface area contributed by atoms with Crippen molar-refractivity contribution in [3.8, 4) is 0 Å². The van der Waals surface area contributed by atoms with Crippen molar-refractivity contribution >= 4 is 17.0 Å². The van der Waals surface area contributed by atoms with Crippen LogP contribution in [0.15, 0.2) is 34.6 Å². The molecule has 156 valence electrons. The van der Waals surface area contributed by atoms with Gasteiger partial charge in [0.2, 0.25) is 0 Å². The molecule has 3 nitrogen and oxygen atoms in total. The molecule has 4 heteroatoms. The highest BCUT2D eigenvalue weighted by atomic mass is 32.1. The number of aromatic nitrogens is 1. The third kappa shape index (κ3) is 3.93. The molecule has 0 aliphatic heterocycles. The van der Waals surface area contributed by atoms with Gasteiger partial charge in [-0.1, -0.05) is 19.1 Å². The van der Waals surface area contributed by atoms with E-state index in [1.54, 1.807) is 0 Å². The van der Waals surface area contributed by atoms with E-state index in [9.17, 15) is 0 Å². The van der Waals surface area contributed by atoms with Crippen molar-refractivity contribution in [2.24, 2.45) is 22.7 Å². The fraction of sp³-hybridized carbons (Fsp3) is 0.640. The molecule has 1 N–H and O–H groups in total. The Hall–Kier alpha value is -1.55. The minimum Gasteiger partial charge on any atom is -0.385 e. The van der Waals surface area contributed by atoms with Crippen LogP contribution in [-0.2, 0) is 19.4 Å². The molecule has 0 radical (unpaired) electrons. The molecule has 4 saturated carbocycles. The molecule has 0 amide bonds. The molecule has 1 aromatic heterocycles. The predicted octanol–water partition coefficient (Wildman–Crippen LogP) is 5.66. The van der Waals surface area contributed by atoms with E-state index < -0.39 is 0 Å². The first-order chi connectivity index (χ1) is 14.2. The van der Waals surface area contributed by atoms with Crippen LogP contribution in [0.4, 0.5) is 5.69 Å². The average Bonchev–Trinajstić information content (AvgIpc) is 3.08. The summed E-state index contributed by atoms with van der Waals surface area (Å²) in [6.07, 6.45) is 10.7. The molecule has 0 atom stereocenters. The number of benzene rings is 1. The Balaban J connectivity index is 1.29. The predicted molar refractivity (Wildman–Crippen MR) is 122 cm³/mol. The van der Waals surface area contributed by atoms with Crippen LogP contribution in [0.2, 0.25) is 0 Å². The summed E-state index contributed by atoms with van der Waals surface area (Å²) in [6.45, 7) is 6.47. The van der Waals surface area contributed by atoms with Crippen molar-refractivity contribution in [3.63, 3.8) is 0 Å². The lowest BCUT2D eigenvalue weighted by atomic mass is 9.53. The molecular weight excluding hydrogens is 374 g/mol. The van der Waals surface area contributed by atoms with Gasteiger partial charge in [-0.15, -0.1) is 11.3 Å². The lowest BCUT2D eigenvalue weighted by Crippen LogP contribution is -2.50. The number of thiazole rings is 1. The van der Waals surface area contributed by atoms with Gasteiger partial charge in [0.1, 0.15) is 0 Å². The zero-order valence-electron chi connectivity index (χ0n) is 18.0. The summed E-state index contributed by atoms with van der Waals surface area (Å²) in [5.41, 5.74) is 4.32. The number of hydrogen-bond acceptors (Lipinski definition) is 3. The molecule has 4 bridgehead atoms. The van der Waals surface area contributed by atoms with Gasteiger partial charge in [0.05, 0.1) is 5.54 Å². The van der Waals surface area contributed by atoms with E-state index in [0.29, 0.717) is 0 Å². The van der Waals surface area contributed by atoms with Gasteiger partial charge in [0.25, 0.3) is 0 Å². The highest BCUT2D eigenvalue weighted by molar-refractivity contribution is 7.07. The molecule has 4 aliphatic carbocycles. The average molecular weight is 410 g/mol. The summed E-state index contributed by atoms with van der Waals surface area (Å²) in [7, 11) is 0. The first-order valence-corrected chi connectivity index (χ1v) is 12.6. The van der Waals surface area contributed by atoms with Gasteiger partial charge < -0.3 is 9.88 Å². The number of anilines is 1. The van der Waals surface area contributed by atoms with E-state index in [1.807, 2.05) is 11.3 Å². The normalized spacial score (nSPS) is 30.8. The number of nitrogens with one attached hydrogen (secondary N) is 1. The van der Waals surface area contributed by atoms with E-state index >= 15 is 0 Å². The maximum atomic E-state index is 5.49. The van der Waals surface area contributed by atoms with Crippen molar-refractivity contribution < 1.29 is 0 Å². The minimum atomic E-state index is 0.271. The van der Waals surface area contributed by atoms with E-state index in [2.05, 4.69) is 53.4 Å². The molecule has 4 aliphatic rings. The standard InChI is InChI=1S/C25H35N3S/c1-3-18-5-7-22(8-6-18)26-10-9-23-17-29-24(28(23)4-2)27-25-14-19-11-20(15-25)13-21(12-19)16-25/h5-8,17,19-21,26H,3-4,9-16H2,1-2H3. The zero-order valence-corrected chi connectivity index (χ0v) is 18.8. The van der Waals surface area contributed by atoms with E-state index in [4.69, 9.17) is 4.99 Å². The Bertz CT molecular complexity index is 870.